The van der Waals surface area contributed by atoms with Crippen molar-refractivity contribution in [2.45, 2.75) is 56.2 Å². The Morgan fingerprint density at radius 3 is 2.59 bits per heavy atom. The Bertz CT molecular complexity index is 748. The van der Waals surface area contributed by atoms with Crippen molar-refractivity contribution in [3.8, 4) is 0 Å². The highest BCUT2D eigenvalue weighted by molar-refractivity contribution is 8.00. The first kappa shape index (κ1) is 19.5. The minimum Gasteiger partial charge on any atom is -0.480 e. The first-order valence-electron chi connectivity index (χ1n) is 8.84. The van der Waals surface area contributed by atoms with Crippen LogP contribution in [0.2, 0.25) is 0 Å². The zero-order chi connectivity index (χ0) is 19.8. The molecule has 27 heavy (non-hydrogen) atoms. The zero-order valence-corrected chi connectivity index (χ0v) is 16.4. The van der Waals surface area contributed by atoms with Gasteiger partial charge in [-0.05, 0) is 26.3 Å². The zero-order valence-electron chi connectivity index (χ0n) is 15.6. The van der Waals surface area contributed by atoms with Crippen LogP contribution >= 0.6 is 11.8 Å². The number of carbonyl (C=O) groups excluding carboxylic acids is 2. The lowest BCUT2D eigenvalue weighted by Crippen LogP contribution is -2.58. The Hall–Kier alpha value is -2.22. The van der Waals surface area contributed by atoms with Gasteiger partial charge >= 0.3 is 12.1 Å². The first-order chi connectivity index (χ1) is 12.6. The van der Waals surface area contributed by atoms with Gasteiger partial charge in [-0.25, -0.2) is 9.59 Å². The summed E-state index contributed by atoms with van der Waals surface area (Å²) in [5.74, 6) is -1.02. The highest BCUT2D eigenvalue weighted by Crippen LogP contribution is 2.43. The number of alkyl carbamates (subject to hydrolysis) is 1. The minimum atomic E-state index is -1.21. The van der Waals surface area contributed by atoms with Gasteiger partial charge in [-0.3, -0.25) is 4.79 Å². The molecule has 0 aromatic heterocycles. The number of ether oxygens (including phenoxy) is 1. The van der Waals surface area contributed by atoms with E-state index in [-0.39, 0.29) is 17.7 Å². The number of carbonyl (C=O) groups is 3. The number of nitrogens with zero attached hydrogens (tertiary/aromatic N) is 1. The lowest BCUT2D eigenvalue weighted by Gasteiger charge is -2.31. The van der Waals surface area contributed by atoms with E-state index in [0.29, 0.717) is 12.2 Å². The second-order valence-corrected chi connectivity index (χ2v) is 9.14. The molecule has 0 spiro atoms. The molecule has 7 nitrogen and oxygen atoms in total. The fourth-order valence-electron chi connectivity index (χ4n) is 3.56. The summed E-state index contributed by atoms with van der Waals surface area (Å²) in [4.78, 5) is 38.7. The molecule has 0 saturated carbocycles. The van der Waals surface area contributed by atoms with Crippen LogP contribution < -0.4 is 5.32 Å². The minimum absolute atomic E-state index is 0.266. The number of hydrogen-bond acceptors (Lipinski definition) is 5. The third-order valence-electron chi connectivity index (χ3n) is 4.63. The number of nitrogens with one attached hydrogen (secondary N) is 1. The topological polar surface area (TPSA) is 95.9 Å². The molecule has 1 aromatic rings. The van der Waals surface area contributed by atoms with E-state index < -0.39 is 29.2 Å². The van der Waals surface area contributed by atoms with Gasteiger partial charge in [0.05, 0.1) is 5.37 Å². The monoisotopic (exact) mass is 392 g/mol. The van der Waals surface area contributed by atoms with Gasteiger partial charge in [0.2, 0.25) is 0 Å². The summed E-state index contributed by atoms with van der Waals surface area (Å²) in [6.45, 7) is 5.25. The molecule has 3 atom stereocenters. The van der Waals surface area contributed by atoms with E-state index in [2.05, 4.69) is 5.32 Å². The molecule has 0 bridgehead atoms. The smallest absolute Gasteiger partial charge is 0.408 e. The first-order valence-corrected chi connectivity index (χ1v) is 9.88. The molecule has 146 valence electrons. The van der Waals surface area contributed by atoms with Crippen molar-refractivity contribution in [2.75, 3.05) is 5.75 Å². The molecular formula is C19H24N2O5S. The Morgan fingerprint density at radius 1 is 1.33 bits per heavy atom. The number of carboxylic acids is 1. The predicted molar refractivity (Wildman–Crippen MR) is 101 cm³/mol. The number of aliphatic carboxylic acids is 1. The van der Waals surface area contributed by atoms with E-state index in [1.165, 1.54) is 16.7 Å². The third-order valence-corrected chi connectivity index (χ3v) is 5.92. The summed E-state index contributed by atoms with van der Waals surface area (Å²) in [7, 11) is 0. The van der Waals surface area contributed by atoms with E-state index in [1.807, 2.05) is 30.3 Å². The molecule has 0 aliphatic carbocycles. The van der Waals surface area contributed by atoms with Crippen molar-refractivity contribution in [2.24, 2.45) is 0 Å². The van der Waals surface area contributed by atoms with Crippen molar-refractivity contribution >= 4 is 29.7 Å². The maximum absolute atomic E-state index is 13.3. The van der Waals surface area contributed by atoms with Crippen LogP contribution in [0.1, 0.15) is 32.8 Å². The summed E-state index contributed by atoms with van der Waals surface area (Å²) in [6, 6.07) is 8.51. The molecule has 2 amide bonds. The van der Waals surface area contributed by atoms with Crippen LogP contribution in [0, 0.1) is 0 Å². The Morgan fingerprint density at radius 2 is 2.00 bits per heavy atom. The quantitative estimate of drug-likeness (QED) is 0.816. The molecule has 2 fully saturated rings. The molecule has 2 N–H and O–H groups in total. The molecule has 0 radical (unpaired) electrons. The summed E-state index contributed by atoms with van der Waals surface area (Å²) in [6.07, 6.45) is -0.0509. The van der Waals surface area contributed by atoms with Gasteiger partial charge in [-0.1, -0.05) is 30.3 Å². The normalized spacial score (nSPS) is 27.4. The molecule has 2 aliphatic rings. The van der Waals surface area contributed by atoms with Crippen LogP contribution in [0.25, 0.3) is 0 Å². The van der Waals surface area contributed by atoms with Gasteiger partial charge in [-0.15, -0.1) is 11.8 Å². The molecule has 8 heteroatoms. The molecule has 2 saturated heterocycles. The standard InChI is InChI=1S/C19H24N2O5S/c1-18(2,3)26-17(25)20-19(9-12-7-5-4-6-8-12)10-14-21(16(19)24)13(11-27-14)15(22)23/h4-8,13-14H,9-11H2,1-3H3,(H,20,25)(H,22,23)/t13-,14-,19+/m0/s1. The van der Waals surface area contributed by atoms with Crippen LogP contribution in [-0.4, -0.2) is 56.3 Å². The van der Waals surface area contributed by atoms with Gasteiger partial charge in [0.25, 0.3) is 5.91 Å². The Kier molecular flexibility index (Phi) is 5.12. The maximum Gasteiger partial charge on any atom is 0.408 e. The molecular weight excluding hydrogens is 368 g/mol. The van der Waals surface area contributed by atoms with Crippen LogP contribution in [0.5, 0.6) is 0 Å². The lowest BCUT2D eigenvalue weighted by atomic mass is 9.89. The van der Waals surface area contributed by atoms with E-state index in [0.717, 1.165) is 5.56 Å². The molecule has 0 unspecified atom stereocenters. The van der Waals surface area contributed by atoms with Crippen LogP contribution in [0.4, 0.5) is 4.79 Å². The van der Waals surface area contributed by atoms with E-state index in [1.54, 1.807) is 20.8 Å². The third kappa shape index (κ3) is 4.05. The molecule has 2 heterocycles. The average molecular weight is 392 g/mol. The SMILES string of the molecule is CC(C)(C)OC(=O)N[C@]1(Cc2ccccc2)C[C@@H]2SC[C@@H](C(=O)O)N2C1=O. The van der Waals surface area contributed by atoms with Gasteiger partial charge in [0, 0.05) is 18.6 Å². The van der Waals surface area contributed by atoms with Gasteiger partial charge in [0.15, 0.2) is 0 Å². The largest absolute Gasteiger partial charge is 0.480 e. The van der Waals surface area contributed by atoms with Gasteiger partial charge in [-0.2, -0.15) is 0 Å². The molecule has 1 aromatic carbocycles. The number of rotatable bonds is 4. The fraction of sp³-hybridized carbons (Fsp3) is 0.526. The molecule has 2 aliphatic heterocycles. The van der Waals surface area contributed by atoms with E-state index in [4.69, 9.17) is 4.74 Å². The van der Waals surface area contributed by atoms with Crippen LogP contribution in [-0.2, 0) is 20.7 Å². The van der Waals surface area contributed by atoms with Crippen molar-refractivity contribution in [1.29, 1.82) is 0 Å². The second-order valence-electron chi connectivity index (χ2n) is 7.93. The Balaban J connectivity index is 1.90. The maximum atomic E-state index is 13.3. The predicted octanol–water partition coefficient (Wildman–Crippen LogP) is 2.25. The van der Waals surface area contributed by atoms with Gasteiger partial charge in [0.1, 0.15) is 17.2 Å². The van der Waals surface area contributed by atoms with Crippen molar-refractivity contribution < 1.29 is 24.2 Å². The lowest BCUT2D eigenvalue weighted by molar-refractivity contribution is -0.148. The highest BCUT2D eigenvalue weighted by atomic mass is 32.2. The van der Waals surface area contributed by atoms with Crippen molar-refractivity contribution in [3.05, 3.63) is 35.9 Å². The average Bonchev–Trinajstić information content (AvgIpc) is 3.06. The van der Waals surface area contributed by atoms with Crippen LogP contribution in [0.3, 0.4) is 0 Å². The van der Waals surface area contributed by atoms with Crippen LogP contribution in [0.15, 0.2) is 30.3 Å². The second kappa shape index (κ2) is 7.07. The van der Waals surface area contributed by atoms with Crippen molar-refractivity contribution in [1.82, 2.24) is 10.2 Å². The number of hydrogen-bond donors (Lipinski definition) is 2. The number of thioether (sulfide) groups is 1. The van der Waals surface area contributed by atoms with E-state index in [9.17, 15) is 19.5 Å². The fourth-order valence-corrected chi connectivity index (χ4v) is 5.07. The highest BCUT2D eigenvalue weighted by Gasteiger charge is 2.58. The number of amides is 2. The number of fused-ring (bicyclic) bond motifs is 1. The summed E-state index contributed by atoms with van der Waals surface area (Å²) >= 11 is 1.44. The summed E-state index contributed by atoms with van der Waals surface area (Å²) in [5, 5.41) is 12.0. The Labute approximate surface area is 162 Å². The van der Waals surface area contributed by atoms with Gasteiger partial charge < -0.3 is 20.1 Å². The summed E-state index contributed by atoms with van der Waals surface area (Å²) < 4.78 is 5.36. The number of carboxylic acid groups (broad SMARTS) is 1. The number of benzene rings is 1. The summed E-state index contributed by atoms with van der Waals surface area (Å²) in [5.41, 5.74) is -1.02. The van der Waals surface area contributed by atoms with Crippen molar-refractivity contribution in [3.63, 3.8) is 0 Å². The van der Waals surface area contributed by atoms with E-state index >= 15 is 0 Å². The molecule has 3 rings (SSSR count).